The smallest absolute Gasteiger partial charge is 0.196 e. The van der Waals surface area contributed by atoms with Crippen molar-refractivity contribution in [1.29, 1.82) is 0 Å². The molecule has 1 aliphatic rings. The highest BCUT2D eigenvalue weighted by atomic mass is 35.5. The van der Waals surface area contributed by atoms with Crippen LogP contribution >= 0.6 is 23.2 Å². The highest BCUT2D eigenvalue weighted by Gasteiger charge is 2.49. The number of imidazole rings is 1. The highest BCUT2D eigenvalue weighted by molar-refractivity contribution is 6.42. The van der Waals surface area contributed by atoms with Gasteiger partial charge in [-0.25, -0.2) is 4.98 Å². The molecule has 1 aliphatic heterocycles. The van der Waals surface area contributed by atoms with E-state index in [1.807, 2.05) is 0 Å². The molecule has 1 saturated heterocycles. The third-order valence-electron chi connectivity index (χ3n) is 3.52. The van der Waals surface area contributed by atoms with E-state index in [1.165, 1.54) is 10.9 Å². The average molecular weight is 319 g/mol. The molecular weight excluding hydrogens is 307 g/mol. The molecule has 6 nitrogen and oxygen atoms in total. The van der Waals surface area contributed by atoms with Crippen LogP contribution in [-0.4, -0.2) is 50.3 Å². The van der Waals surface area contributed by atoms with Crippen LogP contribution in [0.4, 0.5) is 0 Å². The van der Waals surface area contributed by atoms with Gasteiger partial charge in [0.05, 0.1) is 40.6 Å². The van der Waals surface area contributed by atoms with Crippen LogP contribution in [0.5, 0.6) is 0 Å². The molecule has 20 heavy (non-hydrogen) atoms. The van der Waals surface area contributed by atoms with E-state index in [0.29, 0.717) is 21.1 Å². The lowest BCUT2D eigenvalue weighted by Gasteiger charge is -2.28. The van der Waals surface area contributed by atoms with E-state index in [0.717, 1.165) is 0 Å². The molecule has 0 radical (unpaired) electrons. The summed E-state index contributed by atoms with van der Waals surface area (Å²) in [5.41, 5.74) is -0.658. The third-order valence-corrected chi connectivity index (χ3v) is 4.24. The van der Waals surface area contributed by atoms with Gasteiger partial charge in [-0.15, -0.1) is 0 Å². The number of ether oxygens (including phenoxy) is 1. The first kappa shape index (κ1) is 14.1. The molecule has 3 rings (SSSR count). The molecule has 1 aromatic heterocycles. The maximum absolute atomic E-state index is 10.6. The molecule has 3 N–H and O–H groups in total. The second kappa shape index (κ2) is 4.84. The Kier molecular flexibility index (Phi) is 3.40. The Balaban J connectivity index is 2.13. The zero-order valence-electron chi connectivity index (χ0n) is 10.2. The van der Waals surface area contributed by atoms with Gasteiger partial charge >= 0.3 is 0 Å². The largest absolute Gasteiger partial charge is 0.394 e. The number of hydrogen-bond donors (Lipinski definition) is 3. The highest BCUT2D eigenvalue weighted by Crippen LogP contribution is 2.34. The van der Waals surface area contributed by atoms with Gasteiger partial charge < -0.3 is 20.1 Å². The number of rotatable bonds is 2. The summed E-state index contributed by atoms with van der Waals surface area (Å²) in [6, 6.07) is 3.13. The lowest BCUT2D eigenvalue weighted by Crippen LogP contribution is -2.46. The zero-order chi connectivity index (χ0) is 14.5. The topological polar surface area (TPSA) is 87.7 Å². The van der Waals surface area contributed by atoms with Gasteiger partial charge in [-0.3, -0.25) is 4.57 Å². The first-order valence-corrected chi connectivity index (χ1v) is 6.68. The third kappa shape index (κ3) is 1.92. The van der Waals surface area contributed by atoms with Crippen molar-refractivity contribution in [1.82, 2.24) is 9.55 Å². The Bertz CT molecular complexity index is 662. The number of aliphatic hydroxyl groups is 3. The summed E-state index contributed by atoms with van der Waals surface area (Å²) in [6.07, 6.45) is -0.747. The van der Waals surface area contributed by atoms with Crippen molar-refractivity contribution in [2.24, 2.45) is 0 Å². The fourth-order valence-corrected chi connectivity index (χ4v) is 2.70. The van der Waals surface area contributed by atoms with Crippen LogP contribution in [0.3, 0.4) is 0 Å². The number of aromatic nitrogens is 2. The maximum Gasteiger partial charge on any atom is 0.196 e. The second-order valence-corrected chi connectivity index (χ2v) is 5.54. The van der Waals surface area contributed by atoms with E-state index in [-0.39, 0.29) is 13.2 Å². The summed E-state index contributed by atoms with van der Waals surface area (Å²) in [6.45, 7) is -0.548. The fraction of sp³-hybridized carbons (Fsp3) is 0.417. The predicted molar refractivity (Wildman–Crippen MR) is 72.8 cm³/mol. The maximum atomic E-state index is 10.6. The van der Waals surface area contributed by atoms with E-state index in [2.05, 4.69) is 4.98 Å². The van der Waals surface area contributed by atoms with Crippen molar-refractivity contribution in [2.75, 3.05) is 13.2 Å². The summed E-state index contributed by atoms with van der Waals surface area (Å²) < 4.78 is 6.58. The summed E-state index contributed by atoms with van der Waals surface area (Å²) in [7, 11) is 0. The van der Waals surface area contributed by atoms with Gasteiger partial charge in [-0.1, -0.05) is 23.2 Å². The van der Waals surface area contributed by atoms with E-state index >= 15 is 0 Å². The fourth-order valence-electron chi connectivity index (χ4n) is 2.38. The van der Waals surface area contributed by atoms with Crippen LogP contribution in [0.1, 0.15) is 0 Å². The Morgan fingerprint density at radius 2 is 2.10 bits per heavy atom. The van der Waals surface area contributed by atoms with E-state index in [9.17, 15) is 10.2 Å². The predicted octanol–water partition coefficient (Wildman–Crippen LogP) is 0.740. The second-order valence-electron chi connectivity index (χ2n) is 4.73. The minimum absolute atomic E-state index is 0.162. The molecule has 2 aromatic rings. The number of halogens is 2. The van der Waals surface area contributed by atoms with Crippen molar-refractivity contribution in [3.8, 4) is 0 Å². The minimum atomic E-state index is -1.71. The lowest BCUT2D eigenvalue weighted by molar-refractivity contribution is -0.109. The standard InChI is InChI=1S/C12H12Cl2N2O4/c13-6-1-8-9(2-7(6)14)16(5-15-8)12(19)4-20-10(3-17)11(12)18/h1-2,5,10-11,17-19H,3-4H2/t10-,11-,12-/m1/s1. The molecule has 0 bridgehead atoms. The molecule has 3 atom stereocenters. The van der Waals surface area contributed by atoms with Crippen molar-refractivity contribution < 1.29 is 20.1 Å². The van der Waals surface area contributed by atoms with Gasteiger partial charge in [0.2, 0.25) is 0 Å². The Hall–Kier alpha value is -0.890. The molecule has 1 fully saturated rings. The number of benzene rings is 1. The SMILES string of the molecule is OC[C@H]1OC[C@](O)(n2cnc3cc(Cl)c(Cl)cc32)[C@@H]1O. The molecular formula is C12H12Cl2N2O4. The average Bonchev–Trinajstić information content (AvgIpc) is 2.94. The lowest BCUT2D eigenvalue weighted by atomic mass is 10.1. The van der Waals surface area contributed by atoms with Crippen molar-refractivity contribution in [3.05, 3.63) is 28.5 Å². The van der Waals surface area contributed by atoms with Crippen LogP contribution < -0.4 is 0 Å². The van der Waals surface area contributed by atoms with Gasteiger partial charge in [0, 0.05) is 0 Å². The molecule has 0 saturated carbocycles. The zero-order valence-corrected chi connectivity index (χ0v) is 11.7. The van der Waals surface area contributed by atoms with Crippen molar-refractivity contribution in [3.63, 3.8) is 0 Å². The Labute approximate surface area is 124 Å². The van der Waals surface area contributed by atoms with E-state index < -0.39 is 17.9 Å². The van der Waals surface area contributed by atoms with Gasteiger partial charge in [-0.2, -0.15) is 0 Å². The molecule has 108 valence electrons. The molecule has 8 heteroatoms. The van der Waals surface area contributed by atoms with Gasteiger partial charge in [0.25, 0.3) is 0 Å². The van der Waals surface area contributed by atoms with E-state index in [1.54, 1.807) is 12.1 Å². The first-order valence-electron chi connectivity index (χ1n) is 5.93. The molecule has 0 spiro atoms. The van der Waals surface area contributed by atoms with Crippen LogP contribution in [0.2, 0.25) is 10.0 Å². The summed E-state index contributed by atoms with van der Waals surface area (Å²) >= 11 is 11.9. The molecule has 0 aliphatic carbocycles. The van der Waals surface area contributed by atoms with Crippen molar-refractivity contribution >= 4 is 34.2 Å². The van der Waals surface area contributed by atoms with Gasteiger partial charge in [0.1, 0.15) is 12.2 Å². The van der Waals surface area contributed by atoms with Crippen LogP contribution in [0.25, 0.3) is 11.0 Å². The van der Waals surface area contributed by atoms with Crippen LogP contribution in [0.15, 0.2) is 18.5 Å². The number of aliphatic hydroxyl groups excluding tert-OH is 2. The van der Waals surface area contributed by atoms with Crippen LogP contribution in [-0.2, 0) is 10.5 Å². The van der Waals surface area contributed by atoms with Crippen molar-refractivity contribution in [2.45, 2.75) is 17.9 Å². The summed E-state index contributed by atoms with van der Waals surface area (Å²) in [4.78, 5) is 4.13. The number of hydrogen-bond acceptors (Lipinski definition) is 5. The van der Waals surface area contributed by atoms with Gasteiger partial charge in [-0.05, 0) is 12.1 Å². The quantitative estimate of drug-likeness (QED) is 0.760. The Morgan fingerprint density at radius 1 is 1.40 bits per heavy atom. The summed E-state index contributed by atoms with van der Waals surface area (Å²) in [5.74, 6) is 0. The monoisotopic (exact) mass is 318 g/mol. The Morgan fingerprint density at radius 3 is 2.75 bits per heavy atom. The normalized spacial score (nSPS) is 30.2. The molecule has 0 unspecified atom stereocenters. The number of fused-ring (bicyclic) bond motifs is 1. The molecule has 1 aromatic carbocycles. The molecule has 2 heterocycles. The minimum Gasteiger partial charge on any atom is -0.394 e. The molecule has 0 amide bonds. The van der Waals surface area contributed by atoms with E-state index in [4.69, 9.17) is 33.0 Å². The van der Waals surface area contributed by atoms with Crippen LogP contribution in [0, 0.1) is 0 Å². The summed E-state index contributed by atoms with van der Waals surface area (Å²) in [5, 5.41) is 30.5. The van der Waals surface area contributed by atoms with Gasteiger partial charge in [0.15, 0.2) is 5.72 Å². The first-order chi connectivity index (χ1) is 9.47. The number of nitrogens with zero attached hydrogens (tertiary/aromatic N) is 2.